The molecule has 1 atom stereocenters. The molecule has 0 saturated carbocycles. The molecule has 0 spiro atoms. The van der Waals surface area contributed by atoms with Crippen molar-refractivity contribution in [3.05, 3.63) is 0 Å². The van der Waals surface area contributed by atoms with Crippen molar-refractivity contribution >= 4 is 0 Å². The predicted octanol–water partition coefficient (Wildman–Crippen LogP) is -1.92. The van der Waals surface area contributed by atoms with Crippen molar-refractivity contribution in [1.29, 1.82) is 0 Å². The molecule has 0 aliphatic carbocycles. The van der Waals surface area contributed by atoms with Gasteiger partial charge in [-0.15, -0.1) is 0 Å². The van der Waals surface area contributed by atoms with E-state index in [1.54, 1.807) is 0 Å². The summed E-state index contributed by atoms with van der Waals surface area (Å²) in [6, 6.07) is 0. The van der Waals surface area contributed by atoms with Crippen molar-refractivity contribution in [2.75, 3.05) is 59.0 Å². The van der Waals surface area contributed by atoms with Gasteiger partial charge in [-0.3, -0.25) is 0 Å². The van der Waals surface area contributed by atoms with Crippen molar-refractivity contribution in [2.24, 2.45) is 11.5 Å². The maximum Gasteiger partial charge on any atom is 0.0781 e. The second kappa shape index (κ2) is 13.8. The van der Waals surface area contributed by atoms with Gasteiger partial charge in [-0.05, 0) is 6.92 Å². The molecule has 0 aromatic rings. The number of nitrogens with one attached hydrogen (secondary N) is 3. The first-order valence-electron chi connectivity index (χ1n) is 6.45. The first kappa shape index (κ1) is 16.8. The highest BCUT2D eigenvalue weighted by molar-refractivity contribution is 4.58. The molecule has 0 aromatic carbocycles. The highest BCUT2D eigenvalue weighted by atomic mass is 16.6. The predicted molar refractivity (Wildman–Crippen MR) is 72.1 cm³/mol. The number of ether oxygens (including phenoxy) is 1. The minimum Gasteiger partial charge on any atom is -0.373 e. The highest BCUT2D eigenvalue weighted by Gasteiger charge is 2.13. The van der Waals surface area contributed by atoms with E-state index in [9.17, 15) is 0 Å². The number of hydrogen-bond donors (Lipinski definition) is 5. The minimum absolute atomic E-state index is 0.583. The van der Waals surface area contributed by atoms with Crippen molar-refractivity contribution < 1.29 is 4.74 Å². The average Bonchev–Trinajstić information content (AvgIpc) is 3.11. The van der Waals surface area contributed by atoms with E-state index >= 15 is 0 Å². The van der Waals surface area contributed by atoms with Crippen LogP contribution in [0.5, 0.6) is 0 Å². The lowest BCUT2D eigenvalue weighted by Gasteiger charge is -2.06. The molecule has 1 aliphatic rings. The van der Waals surface area contributed by atoms with Crippen LogP contribution in [0.3, 0.4) is 0 Å². The molecule has 6 heteroatoms. The van der Waals surface area contributed by atoms with Gasteiger partial charge in [0.2, 0.25) is 0 Å². The van der Waals surface area contributed by atoms with E-state index in [1.165, 1.54) is 0 Å². The van der Waals surface area contributed by atoms with Crippen molar-refractivity contribution in [3.63, 3.8) is 0 Å². The smallest absolute Gasteiger partial charge is 0.0781 e. The molecular weight excluding hydrogens is 218 g/mol. The summed E-state index contributed by atoms with van der Waals surface area (Å²) < 4.78 is 4.71. The zero-order valence-corrected chi connectivity index (χ0v) is 11.0. The van der Waals surface area contributed by atoms with Gasteiger partial charge in [0.15, 0.2) is 0 Å². The Hall–Kier alpha value is -0.240. The molecule has 0 bridgehead atoms. The maximum atomic E-state index is 5.32. The number of nitrogens with two attached hydrogens (primary N) is 2. The zero-order chi connectivity index (χ0) is 12.8. The van der Waals surface area contributed by atoms with Gasteiger partial charge < -0.3 is 32.2 Å². The molecule has 7 N–H and O–H groups in total. The van der Waals surface area contributed by atoms with Crippen LogP contribution in [0.1, 0.15) is 6.92 Å². The number of hydrogen-bond acceptors (Lipinski definition) is 6. The van der Waals surface area contributed by atoms with Gasteiger partial charge in [-0.25, -0.2) is 0 Å². The molecule has 1 saturated heterocycles. The second-order valence-corrected chi connectivity index (χ2v) is 3.97. The second-order valence-electron chi connectivity index (χ2n) is 3.97. The van der Waals surface area contributed by atoms with E-state index in [0.717, 1.165) is 45.9 Å². The molecule has 1 unspecified atom stereocenters. The van der Waals surface area contributed by atoms with Crippen LogP contribution >= 0.6 is 0 Å². The Morgan fingerprint density at radius 1 is 0.882 bits per heavy atom. The van der Waals surface area contributed by atoms with Gasteiger partial charge in [0.25, 0.3) is 0 Å². The zero-order valence-electron chi connectivity index (χ0n) is 11.0. The maximum absolute atomic E-state index is 5.32. The third-order valence-corrected chi connectivity index (χ3v) is 2.10. The van der Waals surface area contributed by atoms with Gasteiger partial charge in [0.1, 0.15) is 0 Å². The normalized spacial score (nSPS) is 17.5. The largest absolute Gasteiger partial charge is 0.373 e. The Labute approximate surface area is 105 Å². The summed E-state index contributed by atoms with van der Waals surface area (Å²) in [5, 5.41) is 9.71. The summed E-state index contributed by atoms with van der Waals surface area (Å²) in [5.74, 6) is 0. The Morgan fingerprint density at radius 2 is 1.18 bits per heavy atom. The fourth-order valence-electron chi connectivity index (χ4n) is 1.03. The lowest BCUT2D eigenvalue weighted by atomic mass is 10.5. The molecule has 17 heavy (non-hydrogen) atoms. The Bertz CT molecular complexity index is 134. The molecule has 0 amide bonds. The van der Waals surface area contributed by atoms with Crippen molar-refractivity contribution in [3.8, 4) is 0 Å². The molecule has 0 aromatic heterocycles. The minimum atomic E-state index is 0.583. The molecular formula is C11H29N5O. The van der Waals surface area contributed by atoms with E-state index in [1.807, 2.05) is 0 Å². The highest BCUT2D eigenvalue weighted by Crippen LogP contribution is 2.04. The first-order valence-corrected chi connectivity index (χ1v) is 6.45. The Balaban J connectivity index is 0.000000529. The molecule has 1 heterocycles. The van der Waals surface area contributed by atoms with Crippen molar-refractivity contribution in [2.45, 2.75) is 13.0 Å². The van der Waals surface area contributed by atoms with E-state index < -0.39 is 0 Å². The molecule has 1 rings (SSSR count). The number of epoxide rings is 1. The summed E-state index contributed by atoms with van der Waals surface area (Å²) in [4.78, 5) is 0. The molecule has 1 fully saturated rings. The van der Waals surface area contributed by atoms with Crippen LogP contribution < -0.4 is 27.4 Å². The number of rotatable bonds is 10. The first-order chi connectivity index (χ1) is 8.31. The van der Waals surface area contributed by atoms with Gasteiger partial charge in [0.05, 0.1) is 12.7 Å². The van der Waals surface area contributed by atoms with E-state index in [-0.39, 0.29) is 0 Å². The van der Waals surface area contributed by atoms with E-state index in [2.05, 4.69) is 22.9 Å². The quantitative estimate of drug-likeness (QED) is 0.228. The lowest BCUT2D eigenvalue weighted by Crippen LogP contribution is -2.35. The van der Waals surface area contributed by atoms with Crippen LogP contribution in [-0.4, -0.2) is 65.1 Å². The molecule has 6 nitrogen and oxygen atoms in total. The topological polar surface area (TPSA) is 101 Å². The van der Waals surface area contributed by atoms with Gasteiger partial charge in [0, 0.05) is 52.4 Å². The third-order valence-electron chi connectivity index (χ3n) is 2.10. The SMILES string of the molecule is CC1CO1.NCCNCCNCCNCCN. The van der Waals surface area contributed by atoms with Crippen molar-refractivity contribution in [1.82, 2.24) is 16.0 Å². The van der Waals surface area contributed by atoms with Crippen LogP contribution in [-0.2, 0) is 4.74 Å². The Kier molecular flexibility index (Phi) is 13.6. The van der Waals surface area contributed by atoms with Gasteiger partial charge >= 0.3 is 0 Å². The lowest BCUT2D eigenvalue weighted by molar-refractivity contribution is 0.423. The summed E-state index contributed by atoms with van der Waals surface area (Å²) in [5.41, 5.74) is 10.6. The summed E-state index contributed by atoms with van der Waals surface area (Å²) in [7, 11) is 0. The summed E-state index contributed by atoms with van der Waals surface area (Å²) >= 11 is 0. The molecule has 0 radical (unpaired) electrons. The Morgan fingerprint density at radius 3 is 1.41 bits per heavy atom. The van der Waals surface area contributed by atoms with E-state index in [4.69, 9.17) is 16.2 Å². The average molecular weight is 247 g/mol. The molecule has 104 valence electrons. The van der Waals surface area contributed by atoms with Crippen LogP contribution in [0, 0.1) is 0 Å². The fraction of sp³-hybridized carbons (Fsp3) is 1.00. The van der Waals surface area contributed by atoms with Crippen LogP contribution in [0.15, 0.2) is 0 Å². The van der Waals surface area contributed by atoms with Gasteiger partial charge in [-0.2, -0.15) is 0 Å². The van der Waals surface area contributed by atoms with E-state index in [0.29, 0.717) is 19.2 Å². The van der Waals surface area contributed by atoms with Crippen LogP contribution in [0.4, 0.5) is 0 Å². The van der Waals surface area contributed by atoms with Gasteiger partial charge in [-0.1, -0.05) is 0 Å². The van der Waals surface area contributed by atoms with Crippen LogP contribution in [0.25, 0.3) is 0 Å². The third kappa shape index (κ3) is 18.3. The summed E-state index contributed by atoms with van der Waals surface area (Å²) in [6.07, 6.45) is 0.583. The van der Waals surface area contributed by atoms with Crippen LogP contribution in [0.2, 0.25) is 0 Å². The summed E-state index contributed by atoms with van der Waals surface area (Å²) in [6.45, 7) is 10.2. The fourth-order valence-corrected chi connectivity index (χ4v) is 1.03. The monoisotopic (exact) mass is 247 g/mol. The molecule has 1 aliphatic heterocycles. The standard InChI is InChI=1S/C8H23N5.C3H6O/c9-1-3-11-5-7-13-8-6-12-4-2-10;1-3-2-4-3/h11-13H,1-10H2;3H,2H2,1H3.